The van der Waals surface area contributed by atoms with Gasteiger partial charge in [0.15, 0.2) is 0 Å². The summed E-state index contributed by atoms with van der Waals surface area (Å²) in [6, 6.07) is 14.2. The van der Waals surface area contributed by atoms with Crippen molar-refractivity contribution in [2.45, 2.75) is 19.4 Å². The molecule has 1 N–H and O–H groups in total. The first kappa shape index (κ1) is 11.5. The second-order valence-electron chi connectivity index (χ2n) is 4.24. The van der Waals surface area contributed by atoms with Gasteiger partial charge in [-0.25, -0.2) is 0 Å². The normalized spacial score (nSPS) is 12.1. The van der Waals surface area contributed by atoms with Crippen LogP contribution in [-0.4, -0.2) is 0 Å². The third-order valence-corrected chi connectivity index (χ3v) is 2.55. The summed E-state index contributed by atoms with van der Waals surface area (Å²) in [5, 5.41) is 3.46. The van der Waals surface area contributed by atoms with Crippen LogP contribution in [-0.2, 0) is 0 Å². The summed E-state index contributed by atoms with van der Waals surface area (Å²) in [7, 11) is 0. The van der Waals surface area contributed by atoms with Gasteiger partial charge in [0, 0.05) is 5.69 Å². The largest absolute Gasteiger partial charge is 0.467 e. The highest BCUT2D eigenvalue weighted by molar-refractivity contribution is 5.44. The highest BCUT2D eigenvalue weighted by atomic mass is 16.3. The first-order valence-electron chi connectivity index (χ1n) is 5.75. The molecule has 0 spiro atoms. The van der Waals surface area contributed by atoms with E-state index in [2.05, 4.69) is 11.9 Å². The summed E-state index contributed by atoms with van der Waals surface area (Å²) in [5.41, 5.74) is 2.23. The van der Waals surface area contributed by atoms with Crippen molar-refractivity contribution in [2.24, 2.45) is 0 Å². The quantitative estimate of drug-likeness (QED) is 0.766. The molecule has 0 amide bonds. The van der Waals surface area contributed by atoms with Gasteiger partial charge in [0.1, 0.15) is 5.76 Å². The lowest BCUT2D eigenvalue weighted by Gasteiger charge is -2.17. The molecule has 2 nitrogen and oxygen atoms in total. The summed E-state index contributed by atoms with van der Waals surface area (Å²) < 4.78 is 5.47. The van der Waals surface area contributed by atoms with E-state index in [-0.39, 0.29) is 6.04 Å². The molecular weight excluding hydrogens is 210 g/mol. The van der Waals surface area contributed by atoms with E-state index in [0.29, 0.717) is 0 Å². The molecule has 1 unspecified atom stereocenters. The Kier molecular flexibility index (Phi) is 3.66. The van der Waals surface area contributed by atoms with Crippen molar-refractivity contribution in [1.82, 2.24) is 0 Å². The zero-order valence-corrected chi connectivity index (χ0v) is 10.0. The predicted octanol–water partition coefficient (Wildman–Crippen LogP) is 4.40. The van der Waals surface area contributed by atoms with Crippen LogP contribution in [0.4, 0.5) is 5.69 Å². The van der Waals surface area contributed by atoms with E-state index in [0.717, 1.165) is 23.4 Å². The molecule has 0 saturated carbocycles. The minimum Gasteiger partial charge on any atom is -0.467 e. The Morgan fingerprint density at radius 2 is 2.00 bits per heavy atom. The lowest BCUT2D eigenvalue weighted by Crippen LogP contribution is -2.10. The molecule has 17 heavy (non-hydrogen) atoms. The lowest BCUT2D eigenvalue weighted by molar-refractivity contribution is 0.477. The van der Waals surface area contributed by atoms with Gasteiger partial charge in [-0.3, -0.25) is 0 Å². The van der Waals surface area contributed by atoms with E-state index in [4.69, 9.17) is 4.42 Å². The molecule has 88 valence electrons. The molecule has 1 aromatic carbocycles. The molecule has 0 aliphatic rings. The molecular formula is C15H17NO. The molecule has 2 aromatic rings. The van der Waals surface area contributed by atoms with Crippen molar-refractivity contribution >= 4 is 5.69 Å². The Bertz CT molecular complexity index is 459. The average molecular weight is 227 g/mol. The van der Waals surface area contributed by atoms with E-state index >= 15 is 0 Å². The third kappa shape index (κ3) is 3.25. The van der Waals surface area contributed by atoms with Crippen molar-refractivity contribution < 1.29 is 4.42 Å². The zero-order valence-electron chi connectivity index (χ0n) is 10.0. The Labute approximate surface area is 102 Å². The summed E-state index contributed by atoms with van der Waals surface area (Å²) >= 11 is 0. The van der Waals surface area contributed by atoms with Gasteiger partial charge < -0.3 is 9.73 Å². The summed E-state index contributed by atoms with van der Waals surface area (Å²) in [6.45, 7) is 6.00. The lowest BCUT2D eigenvalue weighted by atomic mass is 10.1. The van der Waals surface area contributed by atoms with Crippen LogP contribution in [0.25, 0.3) is 0 Å². The van der Waals surface area contributed by atoms with E-state index in [1.54, 1.807) is 6.26 Å². The molecule has 1 atom stereocenters. The number of para-hydroxylation sites is 1. The third-order valence-electron chi connectivity index (χ3n) is 2.55. The first-order chi connectivity index (χ1) is 8.25. The monoisotopic (exact) mass is 227 g/mol. The van der Waals surface area contributed by atoms with Gasteiger partial charge >= 0.3 is 0 Å². The molecule has 0 aliphatic heterocycles. The van der Waals surface area contributed by atoms with E-state index in [1.807, 2.05) is 49.4 Å². The average Bonchev–Trinajstić information content (AvgIpc) is 2.82. The highest BCUT2D eigenvalue weighted by Gasteiger charge is 2.13. The fraction of sp³-hybridized carbons (Fsp3) is 0.200. The SMILES string of the molecule is C=C(C)CC(Nc1ccccc1)c1ccco1. The van der Waals surface area contributed by atoms with Gasteiger partial charge in [-0.2, -0.15) is 0 Å². The summed E-state index contributed by atoms with van der Waals surface area (Å²) in [5.74, 6) is 0.942. The molecule has 2 heteroatoms. The molecule has 0 saturated heterocycles. The molecule has 2 rings (SSSR count). The molecule has 1 heterocycles. The Hall–Kier alpha value is -1.96. The second-order valence-corrected chi connectivity index (χ2v) is 4.24. The van der Waals surface area contributed by atoms with E-state index in [9.17, 15) is 0 Å². The zero-order chi connectivity index (χ0) is 12.1. The number of furan rings is 1. The van der Waals surface area contributed by atoms with Gasteiger partial charge in [-0.05, 0) is 37.6 Å². The van der Waals surface area contributed by atoms with Gasteiger partial charge in [-0.1, -0.05) is 23.8 Å². The fourth-order valence-corrected chi connectivity index (χ4v) is 1.80. The van der Waals surface area contributed by atoms with Crippen molar-refractivity contribution in [3.05, 3.63) is 66.6 Å². The maximum atomic E-state index is 5.47. The van der Waals surface area contributed by atoms with Crippen LogP contribution in [0.3, 0.4) is 0 Å². The van der Waals surface area contributed by atoms with Crippen LogP contribution < -0.4 is 5.32 Å². The molecule has 0 radical (unpaired) electrons. The minimum absolute atomic E-state index is 0.143. The van der Waals surface area contributed by atoms with Crippen molar-refractivity contribution in [2.75, 3.05) is 5.32 Å². The minimum atomic E-state index is 0.143. The van der Waals surface area contributed by atoms with Gasteiger partial charge in [0.25, 0.3) is 0 Å². The van der Waals surface area contributed by atoms with Crippen LogP contribution in [0.2, 0.25) is 0 Å². The molecule has 1 aromatic heterocycles. The number of anilines is 1. The molecule has 0 bridgehead atoms. The number of benzene rings is 1. The van der Waals surface area contributed by atoms with Gasteiger partial charge in [0.05, 0.1) is 12.3 Å². The van der Waals surface area contributed by atoms with Crippen molar-refractivity contribution in [3.8, 4) is 0 Å². The van der Waals surface area contributed by atoms with E-state index < -0.39 is 0 Å². The van der Waals surface area contributed by atoms with Crippen molar-refractivity contribution in [1.29, 1.82) is 0 Å². The second kappa shape index (κ2) is 5.39. The Morgan fingerprint density at radius 1 is 1.24 bits per heavy atom. The smallest absolute Gasteiger partial charge is 0.126 e. The maximum absolute atomic E-state index is 5.47. The Morgan fingerprint density at radius 3 is 2.59 bits per heavy atom. The standard InChI is InChI=1S/C15H17NO/c1-12(2)11-14(15-9-6-10-17-15)16-13-7-4-3-5-8-13/h3-10,14,16H,1,11H2,2H3. The number of rotatable bonds is 5. The predicted molar refractivity (Wildman–Crippen MR) is 70.9 cm³/mol. The molecule has 0 fully saturated rings. The van der Waals surface area contributed by atoms with Crippen LogP contribution in [0, 0.1) is 0 Å². The number of hydrogen-bond acceptors (Lipinski definition) is 2. The van der Waals surface area contributed by atoms with Crippen LogP contribution in [0.15, 0.2) is 65.3 Å². The first-order valence-corrected chi connectivity index (χ1v) is 5.75. The fourth-order valence-electron chi connectivity index (χ4n) is 1.80. The topological polar surface area (TPSA) is 25.2 Å². The number of nitrogens with one attached hydrogen (secondary N) is 1. The molecule has 0 aliphatic carbocycles. The van der Waals surface area contributed by atoms with Crippen LogP contribution >= 0.6 is 0 Å². The highest BCUT2D eigenvalue weighted by Crippen LogP contribution is 2.25. The van der Waals surface area contributed by atoms with Crippen molar-refractivity contribution in [3.63, 3.8) is 0 Å². The Balaban J connectivity index is 2.14. The summed E-state index contributed by atoms with van der Waals surface area (Å²) in [4.78, 5) is 0. The number of hydrogen-bond donors (Lipinski definition) is 1. The van der Waals surface area contributed by atoms with Gasteiger partial charge in [0.2, 0.25) is 0 Å². The maximum Gasteiger partial charge on any atom is 0.126 e. The van der Waals surface area contributed by atoms with Gasteiger partial charge in [-0.15, -0.1) is 6.58 Å². The summed E-state index contributed by atoms with van der Waals surface area (Å²) in [6.07, 6.45) is 2.57. The van der Waals surface area contributed by atoms with Crippen LogP contribution in [0.1, 0.15) is 25.1 Å². The van der Waals surface area contributed by atoms with Crippen LogP contribution in [0.5, 0.6) is 0 Å². The van der Waals surface area contributed by atoms with E-state index in [1.165, 1.54) is 0 Å².